The van der Waals surface area contributed by atoms with E-state index in [0.717, 1.165) is 16.8 Å². The molecule has 2 aromatic carbocycles. The standard InChI is InChI=1S/C27H29N3O5S/c1-4-35-26(32)23-24(18-10-6-5-7-11-18)29-27-30(25(23)20-12-8-9-13-21(20)34-3)19(17-36-27)16-22(31)28-14-15-33-2/h5-13,17,25H,4,14-16H2,1-3H3,(H,28,31). The van der Waals surface area contributed by atoms with Crippen LogP contribution >= 0.6 is 11.8 Å². The molecule has 0 fully saturated rings. The predicted octanol–water partition coefficient (Wildman–Crippen LogP) is 4.12. The molecule has 0 radical (unpaired) electrons. The summed E-state index contributed by atoms with van der Waals surface area (Å²) in [6, 6.07) is 16.5. The van der Waals surface area contributed by atoms with Crippen LogP contribution in [0.1, 0.15) is 30.5 Å². The van der Waals surface area contributed by atoms with Gasteiger partial charge in [0.1, 0.15) is 5.75 Å². The lowest BCUT2D eigenvalue weighted by Gasteiger charge is -2.37. The van der Waals surface area contributed by atoms with E-state index >= 15 is 0 Å². The van der Waals surface area contributed by atoms with Crippen LogP contribution in [-0.4, -0.2) is 55.9 Å². The molecule has 0 spiro atoms. The van der Waals surface area contributed by atoms with Crippen molar-refractivity contribution in [3.63, 3.8) is 0 Å². The van der Waals surface area contributed by atoms with Crippen LogP contribution in [0.3, 0.4) is 0 Å². The molecule has 2 aromatic rings. The number of nitrogens with zero attached hydrogens (tertiary/aromatic N) is 2. The molecule has 9 heteroatoms. The maximum atomic E-state index is 13.5. The number of esters is 1. The molecule has 0 aromatic heterocycles. The number of para-hydroxylation sites is 1. The predicted molar refractivity (Wildman–Crippen MR) is 140 cm³/mol. The Morgan fingerprint density at radius 1 is 1.08 bits per heavy atom. The second kappa shape index (κ2) is 11.9. The first-order valence-corrected chi connectivity index (χ1v) is 12.6. The number of amides is 1. The number of nitrogens with one attached hydrogen (secondary N) is 1. The highest BCUT2D eigenvalue weighted by atomic mass is 32.2. The Kier molecular flexibility index (Phi) is 8.45. The second-order valence-corrected chi connectivity index (χ2v) is 8.84. The third-order valence-electron chi connectivity index (χ3n) is 5.76. The normalized spacial score (nSPS) is 16.8. The molecule has 2 aliphatic rings. The molecule has 188 valence electrons. The van der Waals surface area contributed by atoms with E-state index in [1.165, 1.54) is 11.8 Å². The van der Waals surface area contributed by atoms with Gasteiger partial charge in [0.25, 0.3) is 0 Å². The van der Waals surface area contributed by atoms with Crippen LogP contribution in [0.5, 0.6) is 5.75 Å². The van der Waals surface area contributed by atoms with Gasteiger partial charge < -0.3 is 24.4 Å². The number of fused-ring (bicyclic) bond motifs is 1. The largest absolute Gasteiger partial charge is 0.496 e. The second-order valence-electron chi connectivity index (χ2n) is 8.00. The van der Waals surface area contributed by atoms with Crippen LogP contribution in [0.2, 0.25) is 0 Å². The van der Waals surface area contributed by atoms with Gasteiger partial charge in [0.15, 0.2) is 5.17 Å². The van der Waals surface area contributed by atoms with E-state index in [-0.39, 0.29) is 18.9 Å². The van der Waals surface area contributed by atoms with Gasteiger partial charge in [-0.1, -0.05) is 60.3 Å². The Balaban J connectivity index is 1.85. The zero-order valence-corrected chi connectivity index (χ0v) is 21.3. The third-order valence-corrected chi connectivity index (χ3v) is 6.64. The molecule has 0 saturated carbocycles. The quantitative estimate of drug-likeness (QED) is 0.382. The van der Waals surface area contributed by atoms with Gasteiger partial charge in [-0.2, -0.15) is 0 Å². The molecule has 0 aliphatic carbocycles. The summed E-state index contributed by atoms with van der Waals surface area (Å²) in [4.78, 5) is 33.1. The zero-order chi connectivity index (χ0) is 25.5. The van der Waals surface area contributed by atoms with Crippen molar-refractivity contribution >= 4 is 34.5 Å². The Bertz CT molecular complexity index is 1210. The van der Waals surface area contributed by atoms with Crippen molar-refractivity contribution in [1.82, 2.24) is 10.2 Å². The van der Waals surface area contributed by atoms with Gasteiger partial charge in [0, 0.05) is 30.5 Å². The molecular formula is C27H29N3O5S. The van der Waals surface area contributed by atoms with E-state index in [2.05, 4.69) is 5.32 Å². The van der Waals surface area contributed by atoms with Gasteiger partial charge in [0.2, 0.25) is 5.91 Å². The molecule has 1 amide bonds. The minimum Gasteiger partial charge on any atom is -0.496 e. The first-order valence-electron chi connectivity index (χ1n) is 11.7. The highest BCUT2D eigenvalue weighted by Gasteiger charge is 2.43. The van der Waals surface area contributed by atoms with Crippen molar-refractivity contribution in [1.29, 1.82) is 0 Å². The fourth-order valence-electron chi connectivity index (χ4n) is 4.19. The Morgan fingerprint density at radius 3 is 2.56 bits per heavy atom. The van der Waals surface area contributed by atoms with Gasteiger partial charge in [-0.3, -0.25) is 4.79 Å². The molecule has 0 saturated heterocycles. The van der Waals surface area contributed by atoms with Crippen molar-refractivity contribution in [3.8, 4) is 5.75 Å². The van der Waals surface area contributed by atoms with Crippen molar-refractivity contribution in [2.45, 2.75) is 19.4 Å². The number of aliphatic imine (C=N–C) groups is 1. The number of rotatable bonds is 10. The van der Waals surface area contributed by atoms with Gasteiger partial charge in [-0.15, -0.1) is 0 Å². The first kappa shape index (κ1) is 25.5. The summed E-state index contributed by atoms with van der Waals surface area (Å²) < 4.78 is 16.3. The SMILES string of the molecule is CCOC(=O)C1=C(c2ccccc2)N=C2SC=C(CC(=O)NCCOC)N2C1c1ccccc1OC. The number of methoxy groups -OCH3 is 2. The van der Waals surface area contributed by atoms with Crippen LogP contribution in [0.25, 0.3) is 5.70 Å². The molecular weight excluding hydrogens is 478 g/mol. The van der Waals surface area contributed by atoms with Crippen LogP contribution in [0.15, 0.2) is 76.3 Å². The number of amidine groups is 1. The fourth-order valence-corrected chi connectivity index (χ4v) is 5.11. The molecule has 36 heavy (non-hydrogen) atoms. The minimum absolute atomic E-state index is 0.123. The van der Waals surface area contributed by atoms with Gasteiger partial charge in [0.05, 0.1) is 44.1 Å². The van der Waals surface area contributed by atoms with Crippen LogP contribution in [0.4, 0.5) is 0 Å². The summed E-state index contributed by atoms with van der Waals surface area (Å²) in [5.74, 6) is 0.0176. The molecule has 1 N–H and O–H groups in total. The van der Waals surface area contributed by atoms with Crippen LogP contribution < -0.4 is 10.1 Å². The average molecular weight is 508 g/mol. The number of carbonyl (C=O) groups is 2. The van der Waals surface area contributed by atoms with Gasteiger partial charge in [-0.05, 0) is 18.4 Å². The summed E-state index contributed by atoms with van der Waals surface area (Å²) in [5, 5.41) is 5.45. The summed E-state index contributed by atoms with van der Waals surface area (Å²) in [7, 11) is 3.19. The molecule has 1 atom stereocenters. The maximum absolute atomic E-state index is 13.5. The lowest BCUT2D eigenvalue weighted by atomic mass is 9.91. The molecule has 2 heterocycles. The Labute approximate surface area is 215 Å². The summed E-state index contributed by atoms with van der Waals surface area (Å²) in [6.07, 6.45) is 0.123. The van der Waals surface area contributed by atoms with Crippen molar-refractivity contribution in [3.05, 3.63) is 82.4 Å². The van der Waals surface area contributed by atoms with Crippen molar-refractivity contribution in [2.75, 3.05) is 34.0 Å². The van der Waals surface area contributed by atoms with Gasteiger partial charge in [-0.25, -0.2) is 9.79 Å². The monoisotopic (exact) mass is 507 g/mol. The lowest BCUT2D eigenvalue weighted by Crippen LogP contribution is -2.38. The third kappa shape index (κ3) is 5.32. The average Bonchev–Trinajstić information content (AvgIpc) is 3.30. The first-order chi connectivity index (χ1) is 17.6. The van der Waals surface area contributed by atoms with E-state index in [9.17, 15) is 9.59 Å². The highest BCUT2D eigenvalue weighted by Crippen LogP contribution is 2.48. The van der Waals surface area contributed by atoms with Crippen LogP contribution in [0, 0.1) is 0 Å². The topological polar surface area (TPSA) is 89.5 Å². The molecule has 4 rings (SSSR count). The molecule has 8 nitrogen and oxygen atoms in total. The maximum Gasteiger partial charge on any atom is 0.338 e. The molecule has 0 bridgehead atoms. The van der Waals surface area contributed by atoms with Crippen LogP contribution in [-0.2, 0) is 19.1 Å². The number of hydrogen-bond acceptors (Lipinski definition) is 8. The summed E-state index contributed by atoms with van der Waals surface area (Å²) >= 11 is 1.42. The summed E-state index contributed by atoms with van der Waals surface area (Å²) in [6.45, 7) is 2.84. The lowest BCUT2D eigenvalue weighted by molar-refractivity contribution is -0.139. The number of ether oxygens (including phenoxy) is 3. The van der Waals surface area contributed by atoms with E-state index < -0.39 is 12.0 Å². The van der Waals surface area contributed by atoms with E-state index in [4.69, 9.17) is 19.2 Å². The molecule has 2 aliphatic heterocycles. The van der Waals surface area contributed by atoms with E-state index in [1.54, 1.807) is 21.1 Å². The van der Waals surface area contributed by atoms with E-state index in [0.29, 0.717) is 35.3 Å². The van der Waals surface area contributed by atoms with Gasteiger partial charge >= 0.3 is 5.97 Å². The number of benzene rings is 2. The van der Waals surface area contributed by atoms with E-state index in [1.807, 2.05) is 64.9 Å². The highest BCUT2D eigenvalue weighted by molar-refractivity contribution is 8.16. The minimum atomic E-state index is -0.601. The summed E-state index contributed by atoms with van der Waals surface area (Å²) in [5.41, 5.74) is 3.25. The zero-order valence-electron chi connectivity index (χ0n) is 20.5. The van der Waals surface area contributed by atoms with Crippen molar-refractivity contribution in [2.24, 2.45) is 4.99 Å². The Hall–Kier alpha value is -3.56. The number of thioether (sulfide) groups is 1. The number of carbonyl (C=O) groups excluding carboxylic acids is 2. The fraction of sp³-hybridized carbons (Fsp3) is 0.296. The van der Waals surface area contributed by atoms with Crippen molar-refractivity contribution < 1.29 is 23.8 Å². The Morgan fingerprint density at radius 2 is 1.83 bits per heavy atom. The molecule has 1 unspecified atom stereocenters. The number of hydrogen-bond donors (Lipinski definition) is 1. The smallest absolute Gasteiger partial charge is 0.338 e.